The number of amides is 1. The van der Waals surface area contributed by atoms with Crippen LogP contribution in [0.25, 0.3) is 0 Å². The highest BCUT2D eigenvalue weighted by atomic mass is 32.1. The minimum atomic E-state index is -0.376. The third-order valence-corrected chi connectivity index (χ3v) is 5.65. The first-order valence-corrected chi connectivity index (χ1v) is 10.7. The average Bonchev–Trinajstić information content (AvgIpc) is 3.30. The van der Waals surface area contributed by atoms with Gasteiger partial charge in [0.05, 0.1) is 13.7 Å². The van der Waals surface area contributed by atoms with E-state index in [9.17, 15) is 9.18 Å². The van der Waals surface area contributed by atoms with E-state index in [1.54, 1.807) is 7.11 Å². The SMILES string of the molecule is COc1ccc(N(Cc2ccccc2)Cc2nnc(C(=O)Nc3ccc(F)cc3)s2)cc1. The number of halogens is 1. The van der Waals surface area contributed by atoms with Crippen LogP contribution in [-0.4, -0.2) is 23.2 Å². The van der Waals surface area contributed by atoms with E-state index in [1.165, 1.54) is 35.6 Å². The van der Waals surface area contributed by atoms with Crippen LogP contribution in [0.4, 0.5) is 15.8 Å². The monoisotopic (exact) mass is 448 g/mol. The highest BCUT2D eigenvalue weighted by molar-refractivity contribution is 7.13. The van der Waals surface area contributed by atoms with E-state index in [-0.39, 0.29) is 16.7 Å². The zero-order valence-corrected chi connectivity index (χ0v) is 18.2. The number of methoxy groups -OCH3 is 1. The van der Waals surface area contributed by atoms with Crippen LogP contribution in [0.15, 0.2) is 78.9 Å². The highest BCUT2D eigenvalue weighted by Gasteiger charge is 2.16. The normalized spacial score (nSPS) is 10.6. The first-order chi connectivity index (χ1) is 15.6. The third kappa shape index (κ3) is 5.47. The van der Waals surface area contributed by atoms with Crippen LogP contribution in [0.2, 0.25) is 0 Å². The Morgan fingerprint density at radius 1 is 0.969 bits per heavy atom. The lowest BCUT2D eigenvalue weighted by atomic mass is 10.2. The van der Waals surface area contributed by atoms with E-state index < -0.39 is 0 Å². The second-order valence-corrected chi connectivity index (χ2v) is 8.06. The number of carbonyl (C=O) groups is 1. The van der Waals surface area contributed by atoms with Crippen LogP contribution in [-0.2, 0) is 13.1 Å². The molecule has 6 nitrogen and oxygen atoms in total. The minimum absolute atomic E-state index is 0.249. The first kappa shape index (κ1) is 21.5. The molecule has 3 aromatic carbocycles. The maximum atomic E-state index is 13.1. The standard InChI is InChI=1S/C24H21FN4O2S/c1-31-21-13-11-20(12-14-21)29(15-17-5-3-2-4-6-17)16-22-27-28-24(32-22)23(30)26-19-9-7-18(25)8-10-19/h2-14H,15-16H2,1H3,(H,26,30). The van der Waals surface area contributed by atoms with Crippen LogP contribution in [0.5, 0.6) is 5.75 Å². The van der Waals surface area contributed by atoms with Crippen molar-refractivity contribution in [3.8, 4) is 5.75 Å². The van der Waals surface area contributed by atoms with Gasteiger partial charge in [-0.2, -0.15) is 0 Å². The number of hydrogen-bond acceptors (Lipinski definition) is 6. The van der Waals surface area contributed by atoms with Crippen LogP contribution >= 0.6 is 11.3 Å². The molecule has 8 heteroatoms. The van der Waals surface area contributed by atoms with Gasteiger partial charge in [0.1, 0.15) is 16.6 Å². The lowest BCUT2D eigenvalue weighted by Crippen LogP contribution is -2.22. The maximum absolute atomic E-state index is 13.1. The fourth-order valence-corrected chi connectivity index (χ4v) is 3.88. The first-order valence-electron chi connectivity index (χ1n) is 9.93. The molecule has 1 aromatic heterocycles. The van der Waals surface area contributed by atoms with Gasteiger partial charge >= 0.3 is 0 Å². The maximum Gasteiger partial charge on any atom is 0.286 e. The van der Waals surface area contributed by atoms with Crippen molar-refractivity contribution < 1.29 is 13.9 Å². The predicted octanol–water partition coefficient (Wildman–Crippen LogP) is 5.14. The van der Waals surface area contributed by atoms with Crippen molar-refractivity contribution >= 4 is 28.6 Å². The number of nitrogens with zero attached hydrogens (tertiary/aromatic N) is 3. The molecule has 4 aromatic rings. The summed E-state index contributed by atoms with van der Waals surface area (Å²) >= 11 is 1.23. The Balaban J connectivity index is 1.50. The van der Waals surface area contributed by atoms with E-state index in [2.05, 4.69) is 32.5 Å². The molecule has 0 atom stereocenters. The van der Waals surface area contributed by atoms with Gasteiger partial charge in [-0.3, -0.25) is 4.79 Å². The molecule has 0 fully saturated rings. The fourth-order valence-electron chi connectivity index (χ4n) is 3.13. The molecule has 0 aliphatic rings. The number of rotatable bonds is 8. The van der Waals surface area contributed by atoms with Gasteiger partial charge in [-0.25, -0.2) is 4.39 Å². The molecule has 0 bridgehead atoms. The quantitative estimate of drug-likeness (QED) is 0.404. The van der Waals surface area contributed by atoms with Crippen molar-refractivity contribution in [2.24, 2.45) is 0 Å². The molecule has 162 valence electrons. The smallest absolute Gasteiger partial charge is 0.286 e. The molecule has 0 aliphatic carbocycles. The molecule has 0 saturated heterocycles. The van der Waals surface area contributed by atoms with Crippen LogP contribution < -0.4 is 15.0 Å². The van der Waals surface area contributed by atoms with Crippen LogP contribution in [0.3, 0.4) is 0 Å². The Bertz CT molecular complexity index is 1160. The Kier molecular flexibility index (Phi) is 6.72. The Morgan fingerprint density at radius 2 is 1.69 bits per heavy atom. The van der Waals surface area contributed by atoms with E-state index in [4.69, 9.17) is 4.74 Å². The second-order valence-electron chi connectivity index (χ2n) is 7.00. The summed E-state index contributed by atoms with van der Waals surface area (Å²) in [5, 5.41) is 11.9. The Hall–Kier alpha value is -3.78. The molecule has 1 N–H and O–H groups in total. The summed E-state index contributed by atoms with van der Waals surface area (Å²) in [4.78, 5) is 14.7. The number of aromatic nitrogens is 2. The molecular formula is C24H21FN4O2S. The molecule has 0 aliphatic heterocycles. The van der Waals surface area contributed by atoms with Gasteiger partial charge in [0.2, 0.25) is 5.01 Å². The van der Waals surface area contributed by atoms with Gasteiger partial charge in [0.25, 0.3) is 5.91 Å². The molecule has 1 heterocycles. The van der Waals surface area contributed by atoms with E-state index >= 15 is 0 Å². The number of carbonyl (C=O) groups excluding carboxylic acids is 1. The summed E-state index contributed by atoms with van der Waals surface area (Å²) < 4.78 is 18.3. The minimum Gasteiger partial charge on any atom is -0.497 e. The summed E-state index contributed by atoms with van der Waals surface area (Å²) in [6, 6.07) is 23.5. The van der Waals surface area contributed by atoms with Gasteiger partial charge < -0.3 is 15.0 Å². The van der Waals surface area contributed by atoms with Gasteiger partial charge in [0.15, 0.2) is 0 Å². The largest absolute Gasteiger partial charge is 0.497 e. The number of ether oxygens (including phenoxy) is 1. The molecule has 32 heavy (non-hydrogen) atoms. The van der Waals surface area contributed by atoms with E-state index in [1.807, 2.05) is 42.5 Å². The number of anilines is 2. The summed E-state index contributed by atoms with van der Waals surface area (Å²) in [5.74, 6) is 0.0433. The Morgan fingerprint density at radius 3 is 2.38 bits per heavy atom. The molecule has 0 unspecified atom stereocenters. The van der Waals surface area contributed by atoms with Crippen molar-refractivity contribution in [2.45, 2.75) is 13.1 Å². The number of nitrogens with one attached hydrogen (secondary N) is 1. The zero-order valence-electron chi connectivity index (χ0n) is 17.4. The summed E-state index contributed by atoms with van der Waals surface area (Å²) in [6.07, 6.45) is 0. The van der Waals surface area contributed by atoms with Crippen LogP contribution in [0, 0.1) is 5.82 Å². The summed E-state index contributed by atoms with van der Waals surface area (Å²) in [7, 11) is 1.64. The molecule has 4 rings (SSSR count). The Labute approximate surface area is 189 Å². The lowest BCUT2D eigenvalue weighted by molar-refractivity contribution is 0.102. The molecule has 0 spiro atoms. The van der Waals surface area contributed by atoms with E-state index in [0.29, 0.717) is 23.8 Å². The summed E-state index contributed by atoms with van der Waals surface area (Å²) in [5.41, 5.74) is 2.65. The second kappa shape index (κ2) is 10.0. The van der Waals surface area contributed by atoms with Crippen LogP contribution in [0.1, 0.15) is 20.4 Å². The van der Waals surface area contributed by atoms with Crippen molar-refractivity contribution in [2.75, 3.05) is 17.3 Å². The lowest BCUT2D eigenvalue weighted by Gasteiger charge is -2.24. The zero-order chi connectivity index (χ0) is 22.3. The van der Waals surface area contributed by atoms with Crippen molar-refractivity contribution in [1.29, 1.82) is 0 Å². The molecule has 0 saturated carbocycles. The summed E-state index contributed by atoms with van der Waals surface area (Å²) in [6.45, 7) is 1.16. The van der Waals surface area contributed by atoms with Gasteiger partial charge in [-0.05, 0) is 54.1 Å². The predicted molar refractivity (Wildman–Crippen MR) is 124 cm³/mol. The number of benzene rings is 3. The highest BCUT2D eigenvalue weighted by Crippen LogP contribution is 2.24. The van der Waals surface area contributed by atoms with Crippen molar-refractivity contribution in [3.63, 3.8) is 0 Å². The van der Waals surface area contributed by atoms with Gasteiger partial charge in [-0.1, -0.05) is 41.7 Å². The number of hydrogen-bond donors (Lipinski definition) is 1. The van der Waals surface area contributed by atoms with Crippen molar-refractivity contribution in [3.05, 3.63) is 100 Å². The molecule has 1 amide bonds. The van der Waals surface area contributed by atoms with E-state index in [0.717, 1.165) is 17.0 Å². The van der Waals surface area contributed by atoms with Gasteiger partial charge in [0, 0.05) is 17.9 Å². The fraction of sp³-hybridized carbons (Fsp3) is 0.125. The third-order valence-electron chi connectivity index (χ3n) is 4.74. The van der Waals surface area contributed by atoms with Gasteiger partial charge in [-0.15, -0.1) is 10.2 Å². The average molecular weight is 449 g/mol. The molecule has 0 radical (unpaired) electrons. The van der Waals surface area contributed by atoms with Crippen molar-refractivity contribution in [1.82, 2.24) is 10.2 Å². The molecular weight excluding hydrogens is 427 g/mol. The topological polar surface area (TPSA) is 67.3 Å².